The zero-order valence-corrected chi connectivity index (χ0v) is 13.1. The lowest BCUT2D eigenvalue weighted by Gasteiger charge is -2.16. The van der Waals surface area contributed by atoms with E-state index in [9.17, 15) is 0 Å². The highest BCUT2D eigenvalue weighted by Crippen LogP contribution is 2.37. The van der Waals surface area contributed by atoms with Crippen molar-refractivity contribution < 1.29 is 9.47 Å². The Morgan fingerprint density at radius 3 is 2.70 bits per heavy atom. The molecule has 0 radical (unpaired) electrons. The van der Waals surface area contributed by atoms with Gasteiger partial charge in [0.1, 0.15) is 0 Å². The van der Waals surface area contributed by atoms with Gasteiger partial charge in [-0.15, -0.1) is 0 Å². The third-order valence-corrected chi connectivity index (χ3v) is 4.09. The van der Waals surface area contributed by atoms with Crippen LogP contribution < -0.4 is 14.8 Å². The first-order valence-electron chi connectivity index (χ1n) is 7.44. The first kappa shape index (κ1) is 15.5. The number of ether oxygens (including phenoxy) is 2. The second-order valence-corrected chi connectivity index (χ2v) is 5.76. The number of rotatable bonds is 7. The van der Waals surface area contributed by atoms with E-state index in [0.29, 0.717) is 16.7 Å². The fraction of sp³-hybridized carbons (Fsp3) is 0.625. The molecule has 20 heavy (non-hydrogen) atoms. The summed E-state index contributed by atoms with van der Waals surface area (Å²) in [6, 6.07) is 3.95. The second kappa shape index (κ2) is 7.75. The zero-order chi connectivity index (χ0) is 14.4. The summed E-state index contributed by atoms with van der Waals surface area (Å²) >= 11 is 6.34. The number of hydrogen-bond donors (Lipinski definition) is 1. The van der Waals surface area contributed by atoms with Gasteiger partial charge in [0.05, 0.1) is 18.7 Å². The third-order valence-electron chi connectivity index (χ3n) is 3.81. The van der Waals surface area contributed by atoms with Gasteiger partial charge in [0.2, 0.25) is 0 Å². The topological polar surface area (TPSA) is 30.5 Å². The van der Waals surface area contributed by atoms with Gasteiger partial charge >= 0.3 is 0 Å². The Balaban J connectivity index is 2.06. The Kier molecular flexibility index (Phi) is 5.99. The van der Waals surface area contributed by atoms with Crippen LogP contribution in [0.15, 0.2) is 12.1 Å². The maximum atomic E-state index is 6.34. The van der Waals surface area contributed by atoms with Crippen molar-refractivity contribution >= 4 is 11.6 Å². The van der Waals surface area contributed by atoms with E-state index < -0.39 is 0 Å². The average molecular weight is 298 g/mol. The van der Waals surface area contributed by atoms with Crippen molar-refractivity contribution in [2.45, 2.75) is 39.2 Å². The summed E-state index contributed by atoms with van der Waals surface area (Å²) < 4.78 is 11.3. The molecule has 0 bridgehead atoms. The molecule has 4 heteroatoms. The molecule has 0 atom stereocenters. The van der Waals surface area contributed by atoms with Gasteiger partial charge in [-0.05, 0) is 43.0 Å². The molecule has 0 amide bonds. The van der Waals surface area contributed by atoms with Gasteiger partial charge in [-0.2, -0.15) is 0 Å². The monoisotopic (exact) mass is 297 g/mol. The van der Waals surface area contributed by atoms with Crippen molar-refractivity contribution in [1.29, 1.82) is 0 Å². The first-order valence-corrected chi connectivity index (χ1v) is 7.82. The SMILES string of the molecule is CCNCc1cc(Cl)c(OCC2CCCC2)c(OC)c1. The predicted molar refractivity (Wildman–Crippen MR) is 82.8 cm³/mol. The zero-order valence-electron chi connectivity index (χ0n) is 12.4. The van der Waals surface area contributed by atoms with Crippen molar-refractivity contribution in [3.63, 3.8) is 0 Å². The lowest BCUT2D eigenvalue weighted by molar-refractivity contribution is 0.241. The van der Waals surface area contributed by atoms with Gasteiger partial charge < -0.3 is 14.8 Å². The summed E-state index contributed by atoms with van der Waals surface area (Å²) in [5.74, 6) is 2.07. The largest absolute Gasteiger partial charge is 0.493 e. The Labute approximate surface area is 126 Å². The van der Waals surface area contributed by atoms with E-state index in [0.717, 1.165) is 31.0 Å². The number of nitrogens with one attached hydrogen (secondary N) is 1. The minimum Gasteiger partial charge on any atom is -0.493 e. The molecule has 112 valence electrons. The van der Waals surface area contributed by atoms with E-state index in [1.54, 1.807) is 7.11 Å². The molecule has 2 rings (SSSR count). The molecule has 1 N–H and O–H groups in total. The maximum Gasteiger partial charge on any atom is 0.179 e. The van der Waals surface area contributed by atoms with Gasteiger partial charge in [-0.1, -0.05) is 31.4 Å². The summed E-state index contributed by atoms with van der Waals surface area (Å²) in [4.78, 5) is 0. The van der Waals surface area contributed by atoms with Crippen LogP contribution in [0.2, 0.25) is 5.02 Å². The smallest absolute Gasteiger partial charge is 0.179 e. The normalized spacial score (nSPS) is 15.6. The minimum atomic E-state index is 0.634. The van der Waals surface area contributed by atoms with E-state index in [-0.39, 0.29) is 0 Å². The van der Waals surface area contributed by atoms with Gasteiger partial charge in [-0.25, -0.2) is 0 Å². The van der Waals surface area contributed by atoms with E-state index in [4.69, 9.17) is 21.1 Å². The number of benzene rings is 1. The lowest BCUT2D eigenvalue weighted by Crippen LogP contribution is -2.12. The first-order chi connectivity index (χ1) is 9.74. The van der Waals surface area contributed by atoms with Crippen LogP contribution in [-0.4, -0.2) is 20.3 Å². The molecule has 0 aromatic heterocycles. The van der Waals surface area contributed by atoms with Gasteiger partial charge in [-0.3, -0.25) is 0 Å². The summed E-state index contributed by atoms with van der Waals surface area (Å²) in [6.45, 7) is 4.54. The number of methoxy groups -OCH3 is 1. The molecule has 0 unspecified atom stereocenters. The predicted octanol–water partition coefficient (Wildman–Crippen LogP) is 4.03. The van der Waals surface area contributed by atoms with Crippen molar-refractivity contribution in [2.24, 2.45) is 5.92 Å². The summed E-state index contributed by atoms with van der Waals surface area (Å²) in [5, 5.41) is 3.92. The molecular formula is C16H24ClNO2. The van der Waals surface area contributed by atoms with E-state index in [1.165, 1.54) is 25.7 Å². The van der Waals surface area contributed by atoms with Gasteiger partial charge in [0.15, 0.2) is 11.5 Å². The third kappa shape index (κ3) is 4.03. The van der Waals surface area contributed by atoms with Crippen LogP contribution in [0, 0.1) is 5.92 Å². The standard InChI is InChI=1S/C16H24ClNO2/c1-3-18-10-13-8-14(17)16(15(9-13)19-2)20-11-12-6-4-5-7-12/h8-9,12,18H,3-7,10-11H2,1-2H3. The van der Waals surface area contributed by atoms with Crippen LogP contribution in [0.4, 0.5) is 0 Å². The average Bonchev–Trinajstić information content (AvgIpc) is 2.96. The molecule has 1 saturated carbocycles. The summed E-state index contributed by atoms with van der Waals surface area (Å²) in [7, 11) is 1.66. The minimum absolute atomic E-state index is 0.634. The lowest BCUT2D eigenvalue weighted by atomic mass is 10.1. The van der Waals surface area contributed by atoms with Gasteiger partial charge in [0, 0.05) is 6.54 Å². The molecule has 1 aliphatic carbocycles. The molecule has 0 aliphatic heterocycles. The Morgan fingerprint density at radius 2 is 2.05 bits per heavy atom. The highest BCUT2D eigenvalue weighted by molar-refractivity contribution is 6.32. The fourth-order valence-electron chi connectivity index (χ4n) is 2.66. The van der Waals surface area contributed by atoms with Crippen LogP contribution in [0.5, 0.6) is 11.5 Å². The number of halogens is 1. The molecule has 1 fully saturated rings. The van der Waals surface area contributed by atoms with Crippen molar-refractivity contribution in [1.82, 2.24) is 5.32 Å². The van der Waals surface area contributed by atoms with E-state index >= 15 is 0 Å². The quantitative estimate of drug-likeness (QED) is 0.824. The second-order valence-electron chi connectivity index (χ2n) is 5.35. The molecule has 1 aliphatic rings. The van der Waals surface area contributed by atoms with Crippen molar-refractivity contribution in [2.75, 3.05) is 20.3 Å². The van der Waals surface area contributed by atoms with Crippen LogP contribution in [0.1, 0.15) is 38.2 Å². The summed E-state index contributed by atoms with van der Waals surface area (Å²) in [5.41, 5.74) is 1.11. The van der Waals surface area contributed by atoms with Crippen LogP contribution in [-0.2, 0) is 6.54 Å². The highest BCUT2D eigenvalue weighted by atomic mass is 35.5. The van der Waals surface area contributed by atoms with Crippen molar-refractivity contribution in [3.8, 4) is 11.5 Å². The van der Waals surface area contributed by atoms with Crippen molar-refractivity contribution in [3.05, 3.63) is 22.7 Å². The fourth-order valence-corrected chi connectivity index (χ4v) is 2.95. The molecule has 0 saturated heterocycles. The molecular weight excluding hydrogens is 274 g/mol. The highest BCUT2D eigenvalue weighted by Gasteiger charge is 2.18. The molecule has 0 heterocycles. The Hall–Kier alpha value is -0.930. The Bertz CT molecular complexity index is 431. The molecule has 3 nitrogen and oxygen atoms in total. The van der Waals surface area contributed by atoms with E-state index in [2.05, 4.69) is 12.2 Å². The van der Waals surface area contributed by atoms with Gasteiger partial charge in [0.25, 0.3) is 0 Å². The maximum absolute atomic E-state index is 6.34. The Morgan fingerprint density at radius 1 is 1.30 bits per heavy atom. The molecule has 1 aromatic carbocycles. The van der Waals surface area contributed by atoms with Crippen LogP contribution in [0.25, 0.3) is 0 Å². The number of hydrogen-bond acceptors (Lipinski definition) is 3. The summed E-state index contributed by atoms with van der Waals surface area (Å²) in [6.07, 6.45) is 5.16. The molecule has 0 spiro atoms. The van der Waals surface area contributed by atoms with Crippen LogP contribution >= 0.6 is 11.6 Å². The molecule has 1 aromatic rings. The van der Waals surface area contributed by atoms with E-state index in [1.807, 2.05) is 12.1 Å². The van der Waals surface area contributed by atoms with Crippen LogP contribution in [0.3, 0.4) is 0 Å².